The maximum atomic E-state index is 13.8. The standard InChI is InChI=1S/C28H25FN2O3/c1-34-22-10-7-18(8-11-22)5-6-19-9-12-25-24(15-19)27-23(26(17-32)30-25)13-14-31(27)28(33)20-3-2-4-21(29)16-20/h2-4,7-12,15-16,23,26-27,30,32H,13-14,17H2,1H3/t23-,26-,27-/m1/s1. The molecule has 6 heteroatoms. The van der Waals surface area contributed by atoms with Crippen molar-refractivity contribution in [3.63, 3.8) is 0 Å². The number of halogens is 1. The van der Waals surface area contributed by atoms with Crippen LogP contribution < -0.4 is 10.1 Å². The van der Waals surface area contributed by atoms with E-state index in [1.807, 2.05) is 47.4 Å². The van der Waals surface area contributed by atoms with Gasteiger partial charge in [-0.15, -0.1) is 0 Å². The first kappa shape index (κ1) is 22.0. The zero-order valence-electron chi connectivity index (χ0n) is 18.8. The van der Waals surface area contributed by atoms with Crippen molar-refractivity contribution in [1.82, 2.24) is 4.90 Å². The fourth-order valence-electron chi connectivity index (χ4n) is 4.97. The molecule has 1 saturated heterocycles. The Morgan fingerprint density at radius 3 is 2.62 bits per heavy atom. The van der Waals surface area contributed by atoms with Crippen LogP contribution in [0.4, 0.5) is 10.1 Å². The van der Waals surface area contributed by atoms with E-state index in [4.69, 9.17) is 4.74 Å². The molecule has 2 heterocycles. The minimum atomic E-state index is -0.434. The van der Waals surface area contributed by atoms with E-state index in [1.54, 1.807) is 19.2 Å². The van der Waals surface area contributed by atoms with E-state index in [9.17, 15) is 14.3 Å². The van der Waals surface area contributed by atoms with E-state index in [1.165, 1.54) is 12.1 Å². The summed E-state index contributed by atoms with van der Waals surface area (Å²) >= 11 is 0. The molecule has 5 nitrogen and oxygen atoms in total. The molecule has 3 aromatic carbocycles. The molecular weight excluding hydrogens is 431 g/mol. The Hall–Kier alpha value is -3.82. The molecule has 0 saturated carbocycles. The fourth-order valence-corrected chi connectivity index (χ4v) is 4.97. The fraction of sp³-hybridized carbons (Fsp3) is 0.250. The summed E-state index contributed by atoms with van der Waals surface area (Å²) in [6.07, 6.45) is 0.755. The van der Waals surface area contributed by atoms with E-state index in [2.05, 4.69) is 17.2 Å². The molecule has 0 aromatic heterocycles. The molecule has 172 valence electrons. The quantitative estimate of drug-likeness (QED) is 0.580. The maximum absolute atomic E-state index is 13.8. The Bertz CT molecular complexity index is 1280. The third-order valence-corrected chi connectivity index (χ3v) is 6.64. The van der Waals surface area contributed by atoms with Crippen LogP contribution in [0.15, 0.2) is 66.7 Å². The largest absolute Gasteiger partial charge is 0.497 e. The predicted molar refractivity (Wildman–Crippen MR) is 128 cm³/mol. The number of hydrogen-bond donors (Lipinski definition) is 2. The van der Waals surface area contributed by atoms with Gasteiger partial charge in [0, 0.05) is 34.8 Å². The van der Waals surface area contributed by atoms with Crippen LogP contribution in [0.25, 0.3) is 0 Å². The summed E-state index contributed by atoms with van der Waals surface area (Å²) in [6.45, 7) is 0.520. The monoisotopic (exact) mass is 456 g/mol. The first-order valence-electron chi connectivity index (χ1n) is 11.3. The summed E-state index contributed by atoms with van der Waals surface area (Å²) in [5.74, 6) is 6.59. The van der Waals surface area contributed by atoms with Gasteiger partial charge in [-0.25, -0.2) is 4.39 Å². The van der Waals surface area contributed by atoms with E-state index >= 15 is 0 Å². The number of aliphatic hydroxyl groups excluding tert-OH is 1. The molecule has 2 aliphatic rings. The molecule has 5 rings (SSSR count). The Morgan fingerprint density at radius 2 is 1.88 bits per heavy atom. The second-order valence-electron chi connectivity index (χ2n) is 8.62. The van der Waals surface area contributed by atoms with Gasteiger partial charge in [0.2, 0.25) is 0 Å². The number of hydrogen-bond acceptors (Lipinski definition) is 4. The van der Waals surface area contributed by atoms with E-state index in [0.29, 0.717) is 12.1 Å². The number of nitrogens with zero attached hydrogens (tertiary/aromatic N) is 1. The van der Waals surface area contributed by atoms with Gasteiger partial charge in [0.05, 0.1) is 25.8 Å². The second kappa shape index (κ2) is 9.20. The number of fused-ring (bicyclic) bond motifs is 3. The highest BCUT2D eigenvalue weighted by Gasteiger charge is 2.45. The van der Waals surface area contributed by atoms with Crippen LogP contribution in [0.3, 0.4) is 0 Å². The lowest BCUT2D eigenvalue weighted by atomic mass is 9.82. The first-order chi connectivity index (χ1) is 16.6. The van der Waals surface area contributed by atoms with Crippen LogP contribution in [0.2, 0.25) is 0 Å². The molecule has 0 bridgehead atoms. The van der Waals surface area contributed by atoms with Crippen LogP contribution in [0.1, 0.15) is 39.5 Å². The molecule has 0 unspecified atom stereocenters. The van der Waals surface area contributed by atoms with Gasteiger partial charge in [0.25, 0.3) is 5.91 Å². The highest BCUT2D eigenvalue weighted by Crippen LogP contribution is 2.47. The van der Waals surface area contributed by atoms with Gasteiger partial charge in [-0.2, -0.15) is 0 Å². The number of ether oxygens (including phenoxy) is 1. The predicted octanol–water partition coefficient (Wildman–Crippen LogP) is 4.22. The molecule has 3 atom stereocenters. The Labute approximate surface area is 198 Å². The third-order valence-electron chi connectivity index (χ3n) is 6.64. The number of carbonyl (C=O) groups is 1. The molecule has 2 N–H and O–H groups in total. The molecule has 1 fully saturated rings. The zero-order chi connectivity index (χ0) is 23.7. The lowest BCUT2D eigenvalue weighted by molar-refractivity contribution is 0.0700. The lowest BCUT2D eigenvalue weighted by Gasteiger charge is -2.39. The van der Waals surface area contributed by atoms with E-state index in [-0.39, 0.29) is 30.5 Å². The van der Waals surface area contributed by atoms with Crippen LogP contribution in [0.5, 0.6) is 5.75 Å². The van der Waals surface area contributed by atoms with Crippen molar-refractivity contribution in [3.05, 3.63) is 94.8 Å². The number of rotatable bonds is 3. The van der Waals surface area contributed by atoms with Crippen molar-refractivity contribution in [2.45, 2.75) is 18.5 Å². The number of aliphatic hydroxyl groups is 1. The Balaban J connectivity index is 1.49. The van der Waals surface area contributed by atoms with Gasteiger partial charge in [-0.1, -0.05) is 17.9 Å². The number of anilines is 1. The molecule has 1 amide bonds. The number of carbonyl (C=O) groups excluding carboxylic acids is 1. The summed E-state index contributed by atoms with van der Waals surface area (Å²) in [7, 11) is 1.63. The van der Waals surface area contributed by atoms with Gasteiger partial charge in [-0.3, -0.25) is 4.79 Å². The SMILES string of the molecule is COc1ccc(C#Cc2ccc3c(c2)[C@H]2[C@H](CCN2C(=O)c2cccc(F)c2)[C@@H](CO)N3)cc1. The summed E-state index contributed by atoms with van der Waals surface area (Å²) < 4.78 is 19.0. The van der Waals surface area contributed by atoms with Crippen LogP contribution in [-0.4, -0.2) is 42.2 Å². The van der Waals surface area contributed by atoms with Gasteiger partial charge in [0.1, 0.15) is 11.6 Å². The first-order valence-corrected chi connectivity index (χ1v) is 11.3. The molecule has 3 aromatic rings. The maximum Gasteiger partial charge on any atom is 0.254 e. The normalized spacial score (nSPS) is 20.4. The molecule has 2 aliphatic heterocycles. The van der Waals surface area contributed by atoms with Gasteiger partial charge < -0.3 is 20.1 Å². The zero-order valence-corrected chi connectivity index (χ0v) is 18.8. The third kappa shape index (κ3) is 4.11. The van der Waals surface area contributed by atoms with Crippen molar-refractivity contribution in [1.29, 1.82) is 0 Å². The minimum Gasteiger partial charge on any atom is -0.497 e. The van der Waals surface area contributed by atoms with E-state index in [0.717, 1.165) is 34.5 Å². The summed E-state index contributed by atoms with van der Waals surface area (Å²) in [4.78, 5) is 15.2. The average Bonchev–Trinajstić information content (AvgIpc) is 3.32. The number of benzene rings is 3. The molecule has 0 aliphatic carbocycles. The van der Waals surface area contributed by atoms with Crippen LogP contribution >= 0.6 is 0 Å². The van der Waals surface area contributed by atoms with Crippen LogP contribution in [-0.2, 0) is 0 Å². The molecule has 0 spiro atoms. The Morgan fingerprint density at radius 1 is 1.12 bits per heavy atom. The van der Waals surface area contributed by atoms with Crippen molar-refractivity contribution in [3.8, 4) is 17.6 Å². The van der Waals surface area contributed by atoms with Gasteiger partial charge >= 0.3 is 0 Å². The number of methoxy groups -OCH3 is 1. The van der Waals surface area contributed by atoms with Gasteiger partial charge in [0.15, 0.2) is 0 Å². The highest BCUT2D eigenvalue weighted by molar-refractivity contribution is 5.95. The topological polar surface area (TPSA) is 61.8 Å². The van der Waals surface area contributed by atoms with Gasteiger partial charge in [-0.05, 0) is 72.6 Å². The average molecular weight is 457 g/mol. The number of nitrogens with one attached hydrogen (secondary N) is 1. The summed E-state index contributed by atoms with van der Waals surface area (Å²) in [5.41, 5.74) is 3.89. The molecule has 0 radical (unpaired) electrons. The van der Waals surface area contributed by atoms with Crippen LogP contribution in [0, 0.1) is 23.6 Å². The molecular formula is C28H25FN2O3. The summed E-state index contributed by atoms with van der Waals surface area (Å²) in [5, 5.41) is 13.4. The minimum absolute atomic E-state index is 0.0262. The molecule has 34 heavy (non-hydrogen) atoms. The highest BCUT2D eigenvalue weighted by atomic mass is 19.1. The van der Waals surface area contributed by atoms with Crippen molar-refractivity contribution in [2.75, 3.05) is 25.6 Å². The van der Waals surface area contributed by atoms with Crippen molar-refractivity contribution >= 4 is 11.6 Å². The summed E-state index contributed by atoms with van der Waals surface area (Å²) in [6, 6.07) is 18.9. The van der Waals surface area contributed by atoms with E-state index < -0.39 is 5.82 Å². The second-order valence-corrected chi connectivity index (χ2v) is 8.62. The van der Waals surface area contributed by atoms with Crippen molar-refractivity contribution < 1.29 is 19.0 Å². The Kier molecular flexibility index (Phi) is 5.95. The smallest absolute Gasteiger partial charge is 0.254 e. The number of amides is 1. The number of likely N-dealkylation sites (tertiary alicyclic amines) is 1. The van der Waals surface area contributed by atoms with Crippen molar-refractivity contribution in [2.24, 2.45) is 5.92 Å². The lowest BCUT2D eigenvalue weighted by Crippen LogP contribution is -2.42.